The smallest absolute Gasteiger partial charge is 0.237 e. The van der Waals surface area contributed by atoms with Crippen molar-refractivity contribution in [3.8, 4) is 11.1 Å². The zero-order chi connectivity index (χ0) is 18.7. The summed E-state index contributed by atoms with van der Waals surface area (Å²) in [5.41, 5.74) is 4.38. The first-order chi connectivity index (χ1) is 12.3. The monoisotopic (exact) mass is 376 g/mol. The fraction of sp³-hybridized carbons (Fsp3) is 0.444. The van der Waals surface area contributed by atoms with Crippen LogP contribution >= 0.6 is 0 Å². The van der Waals surface area contributed by atoms with E-state index in [1.54, 1.807) is 4.90 Å². The lowest BCUT2D eigenvalue weighted by molar-refractivity contribution is -0.131. The molecule has 1 amide bonds. The average molecular weight is 376 g/mol. The molecule has 8 heteroatoms. The highest BCUT2D eigenvalue weighted by atomic mass is 32.2. The Morgan fingerprint density at radius 2 is 2.08 bits per heavy atom. The van der Waals surface area contributed by atoms with Crippen molar-refractivity contribution in [1.82, 2.24) is 19.8 Å². The van der Waals surface area contributed by atoms with Gasteiger partial charge in [-0.05, 0) is 25.3 Å². The number of aromatic amines is 1. The summed E-state index contributed by atoms with van der Waals surface area (Å²) in [6.07, 6.45) is 4.72. The van der Waals surface area contributed by atoms with E-state index in [-0.39, 0.29) is 18.4 Å². The fourth-order valence-electron chi connectivity index (χ4n) is 3.31. The summed E-state index contributed by atoms with van der Waals surface area (Å²) in [5.74, 6) is -0.0405. The second-order valence-corrected chi connectivity index (χ2v) is 8.67. The molecule has 2 N–H and O–H groups in total. The van der Waals surface area contributed by atoms with Gasteiger partial charge in [0, 0.05) is 30.3 Å². The Balaban J connectivity index is 1.73. The number of aromatic nitrogens is 2. The number of carbonyl (C=O) groups excluding carboxylic acids is 1. The Kier molecular flexibility index (Phi) is 5.43. The van der Waals surface area contributed by atoms with Gasteiger partial charge in [0.1, 0.15) is 0 Å². The molecule has 2 heterocycles. The molecular formula is C18H24N4O3S. The van der Waals surface area contributed by atoms with Crippen LogP contribution in [0.4, 0.5) is 0 Å². The van der Waals surface area contributed by atoms with Gasteiger partial charge < -0.3 is 4.90 Å². The summed E-state index contributed by atoms with van der Waals surface area (Å²) < 4.78 is 24.7. The lowest BCUT2D eigenvalue weighted by Crippen LogP contribution is -2.44. The number of nitrogens with zero attached hydrogens (tertiary/aromatic N) is 2. The highest BCUT2D eigenvalue weighted by Gasteiger charge is 2.27. The van der Waals surface area contributed by atoms with E-state index in [0.29, 0.717) is 13.1 Å². The Labute approximate surface area is 153 Å². The zero-order valence-corrected chi connectivity index (χ0v) is 15.8. The molecule has 1 atom stereocenters. The molecule has 0 radical (unpaired) electrons. The molecule has 1 saturated heterocycles. The molecule has 1 aromatic carbocycles. The van der Waals surface area contributed by atoms with Gasteiger partial charge in [-0.25, -0.2) is 13.1 Å². The highest BCUT2D eigenvalue weighted by molar-refractivity contribution is 7.88. The summed E-state index contributed by atoms with van der Waals surface area (Å²) >= 11 is 0. The van der Waals surface area contributed by atoms with Gasteiger partial charge in [-0.15, -0.1) is 0 Å². The number of H-pyrrole nitrogens is 1. The normalized spacial score (nSPS) is 18.1. The van der Waals surface area contributed by atoms with E-state index in [4.69, 9.17) is 0 Å². The Morgan fingerprint density at radius 3 is 2.77 bits per heavy atom. The van der Waals surface area contributed by atoms with Gasteiger partial charge in [0.15, 0.2) is 0 Å². The average Bonchev–Trinajstić information content (AvgIpc) is 3.09. The van der Waals surface area contributed by atoms with Gasteiger partial charge in [0.2, 0.25) is 15.9 Å². The van der Waals surface area contributed by atoms with Gasteiger partial charge in [-0.3, -0.25) is 9.89 Å². The third-order valence-electron chi connectivity index (χ3n) is 4.70. The third kappa shape index (κ3) is 4.50. The number of hydrogen-bond acceptors (Lipinski definition) is 4. The number of amides is 1. The van der Waals surface area contributed by atoms with Crippen LogP contribution in [0.15, 0.2) is 30.5 Å². The van der Waals surface area contributed by atoms with Crippen molar-refractivity contribution in [2.45, 2.75) is 25.7 Å². The topological polar surface area (TPSA) is 95.2 Å². The maximum Gasteiger partial charge on any atom is 0.237 e. The molecule has 1 fully saturated rings. The van der Waals surface area contributed by atoms with Gasteiger partial charge >= 0.3 is 0 Å². The van der Waals surface area contributed by atoms with E-state index in [2.05, 4.69) is 46.1 Å². The number of nitrogens with one attached hydrogen (secondary N) is 2. The predicted molar refractivity (Wildman–Crippen MR) is 100 cm³/mol. The quantitative estimate of drug-likeness (QED) is 0.829. The van der Waals surface area contributed by atoms with Crippen molar-refractivity contribution in [1.29, 1.82) is 0 Å². The van der Waals surface area contributed by atoms with Gasteiger partial charge in [0.05, 0.1) is 19.0 Å². The third-order valence-corrected chi connectivity index (χ3v) is 5.37. The summed E-state index contributed by atoms with van der Waals surface area (Å²) in [6, 6.07) is 8.29. The molecule has 0 spiro atoms. The number of hydrogen-bond donors (Lipinski definition) is 2. The van der Waals surface area contributed by atoms with Crippen LogP contribution in [0.3, 0.4) is 0 Å². The Bertz CT molecular complexity index is 874. The van der Waals surface area contributed by atoms with Crippen LogP contribution in [-0.2, 0) is 14.8 Å². The predicted octanol–water partition coefficient (Wildman–Crippen LogP) is 1.64. The molecule has 140 valence electrons. The lowest BCUT2D eigenvalue weighted by atomic mass is 9.90. The molecule has 1 aliphatic rings. The second kappa shape index (κ2) is 7.59. The first-order valence-electron chi connectivity index (χ1n) is 8.66. The van der Waals surface area contributed by atoms with E-state index in [1.165, 1.54) is 5.56 Å². The number of aryl methyl sites for hydroxylation is 1. The Morgan fingerprint density at radius 1 is 1.35 bits per heavy atom. The molecule has 3 rings (SSSR count). The highest BCUT2D eigenvalue weighted by Crippen LogP contribution is 2.33. The van der Waals surface area contributed by atoms with E-state index in [9.17, 15) is 13.2 Å². The van der Waals surface area contributed by atoms with E-state index >= 15 is 0 Å². The number of piperidine rings is 1. The second-order valence-electron chi connectivity index (χ2n) is 6.84. The summed E-state index contributed by atoms with van der Waals surface area (Å²) in [4.78, 5) is 14.1. The van der Waals surface area contributed by atoms with Crippen molar-refractivity contribution >= 4 is 15.9 Å². The standard InChI is InChI=1S/C18H24N4O3S/c1-13-5-7-14(8-6-13)16-10-19-21-18(16)15-4-3-9-22(12-15)17(23)11-20-26(2,24)25/h5-8,10,15,20H,3-4,9,11-12H2,1-2H3,(H,19,21)/t15-/m1/s1. The van der Waals surface area contributed by atoms with Crippen LogP contribution in [0.25, 0.3) is 11.1 Å². The number of carbonyl (C=O) groups is 1. The van der Waals surface area contributed by atoms with E-state index in [1.807, 2.05) is 6.20 Å². The molecule has 0 aliphatic carbocycles. The van der Waals surface area contributed by atoms with E-state index in [0.717, 1.165) is 35.9 Å². The summed E-state index contributed by atoms with van der Waals surface area (Å²) in [7, 11) is -3.37. The van der Waals surface area contributed by atoms with E-state index < -0.39 is 10.0 Å². The van der Waals surface area contributed by atoms with Crippen LogP contribution in [-0.4, -0.2) is 55.3 Å². The van der Waals surface area contributed by atoms with Crippen LogP contribution in [0.2, 0.25) is 0 Å². The molecule has 0 bridgehead atoms. The molecule has 0 saturated carbocycles. The first kappa shape index (κ1) is 18.6. The lowest BCUT2D eigenvalue weighted by Gasteiger charge is -2.32. The SMILES string of the molecule is Cc1ccc(-c2cn[nH]c2[C@@H]2CCCN(C(=O)CNS(C)(=O)=O)C2)cc1. The largest absolute Gasteiger partial charge is 0.341 e. The van der Waals surface area contributed by atoms with Crippen molar-refractivity contribution < 1.29 is 13.2 Å². The maximum atomic E-state index is 12.3. The molecule has 7 nitrogen and oxygen atoms in total. The minimum atomic E-state index is -3.37. The van der Waals surface area contributed by atoms with Gasteiger partial charge in [-0.2, -0.15) is 5.10 Å². The van der Waals surface area contributed by atoms with Crippen LogP contribution in [0.1, 0.15) is 30.0 Å². The first-order valence-corrected chi connectivity index (χ1v) is 10.6. The number of rotatable bonds is 5. The van der Waals surface area contributed by atoms with Crippen LogP contribution < -0.4 is 4.72 Å². The summed E-state index contributed by atoms with van der Waals surface area (Å²) in [5, 5.41) is 7.32. The minimum absolute atomic E-state index is 0.157. The van der Waals surface area contributed by atoms with Crippen molar-refractivity contribution in [3.63, 3.8) is 0 Å². The zero-order valence-electron chi connectivity index (χ0n) is 15.0. The van der Waals surface area contributed by atoms with Crippen molar-refractivity contribution in [2.24, 2.45) is 0 Å². The maximum absolute atomic E-state index is 12.3. The van der Waals surface area contributed by atoms with Gasteiger partial charge in [0.25, 0.3) is 0 Å². The number of benzene rings is 1. The fourth-order valence-corrected chi connectivity index (χ4v) is 3.70. The molecule has 1 aliphatic heterocycles. The number of likely N-dealkylation sites (tertiary alicyclic amines) is 1. The van der Waals surface area contributed by atoms with Crippen LogP contribution in [0, 0.1) is 6.92 Å². The molecule has 26 heavy (non-hydrogen) atoms. The Hall–Kier alpha value is -2.19. The molecule has 2 aromatic rings. The molecular weight excluding hydrogens is 352 g/mol. The summed E-state index contributed by atoms with van der Waals surface area (Å²) in [6.45, 7) is 3.06. The van der Waals surface area contributed by atoms with Crippen molar-refractivity contribution in [2.75, 3.05) is 25.9 Å². The molecule has 1 aromatic heterocycles. The van der Waals surface area contributed by atoms with Gasteiger partial charge in [-0.1, -0.05) is 29.8 Å². The van der Waals surface area contributed by atoms with Crippen LogP contribution in [0.5, 0.6) is 0 Å². The van der Waals surface area contributed by atoms with Crippen molar-refractivity contribution in [3.05, 3.63) is 41.7 Å². The minimum Gasteiger partial charge on any atom is -0.341 e. The number of sulfonamides is 1. The molecule has 0 unspecified atom stereocenters.